The molecule has 0 aromatic rings. The normalized spacial score (nSPS) is 17.5. The van der Waals surface area contributed by atoms with Gasteiger partial charge in [-0.2, -0.15) is 0 Å². The molecule has 1 rings (SSSR count). The van der Waals surface area contributed by atoms with Crippen LogP contribution in [-0.4, -0.2) is 69.0 Å². The molecule has 1 aliphatic rings. The van der Waals surface area contributed by atoms with Gasteiger partial charge in [0.2, 0.25) is 10.0 Å². The van der Waals surface area contributed by atoms with Gasteiger partial charge in [0, 0.05) is 25.7 Å². The molecule has 0 atom stereocenters. The van der Waals surface area contributed by atoms with Crippen molar-refractivity contribution in [1.82, 2.24) is 9.37 Å². The molecule has 0 aromatic carbocycles. The van der Waals surface area contributed by atoms with Crippen molar-refractivity contribution in [3.63, 3.8) is 0 Å². The second-order valence-electron chi connectivity index (χ2n) is 6.01. The van der Waals surface area contributed by atoms with E-state index in [1.54, 1.807) is 0 Å². The summed E-state index contributed by atoms with van der Waals surface area (Å²) in [5, 5.41) is 0. The predicted molar refractivity (Wildman–Crippen MR) is 88.1 cm³/mol. The molecule has 7 heteroatoms. The van der Waals surface area contributed by atoms with Crippen LogP contribution in [0.1, 0.15) is 46.5 Å². The maximum absolute atomic E-state index is 12.4. The molecule has 0 amide bonds. The third-order valence-corrected chi connectivity index (χ3v) is 5.56. The van der Waals surface area contributed by atoms with E-state index in [2.05, 4.69) is 11.8 Å². The lowest BCUT2D eigenvalue weighted by Gasteiger charge is -2.29. The number of morpholine rings is 1. The quantitative estimate of drug-likeness (QED) is 0.426. The standard InChI is InChI=1S/C15H32N2O4S/c1-4-5-6-7-14-22(18,19)17(15(2)3)21-13-10-16-8-11-20-12-9-16/h15H,4-14H2,1-3H3. The van der Waals surface area contributed by atoms with E-state index in [9.17, 15) is 8.42 Å². The Morgan fingerprint density at radius 2 is 1.86 bits per heavy atom. The fourth-order valence-corrected chi connectivity index (χ4v) is 4.06. The van der Waals surface area contributed by atoms with Crippen LogP contribution >= 0.6 is 0 Å². The summed E-state index contributed by atoms with van der Waals surface area (Å²) < 4.78 is 31.3. The number of hydrogen-bond acceptors (Lipinski definition) is 5. The lowest BCUT2D eigenvalue weighted by Crippen LogP contribution is -2.42. The zero-order chi connectivity index (χ0) is 16.4. The van der Waals surface area contributed by atoms with Crippen molar-refractivity contribution in [3.8, 4) is 0 Å². The van der Waals surface area contributed by atoms with Crippen LogP contribution in [0.2, 0.25) is 0 Å². The summed E-state index contributed by atoms with van der Waals surface area (Å²) >= 11 is 0. The first-order valence-electron chi connectivity index (χ1n) is 8.42. The van der Waals surface area contributed by atoms with E-state index in [1.165, 1.54) is 4.47 Å². The zero-order valence-corrected chi connectivity index (χ0v) is 15.1. The third-order valence-electron chi connectivity index (χ3n) is 3.68. The smallest absolute Gasteiger partial charge is 0.236 e. The van der Waals surface area contributed by atoms with Crippen molar-refractivity contribution in [1.29, 1.82) is 0 Å². The predicted octanol–water partition coefficient (Wildman–Crippen LogP) is 1.87. The van der Waals surface area contributed by atoms with Gasteiger partial charge in [0.1, 0.15) is 0 Å². The Balaban J connectivity index is 2.38. The monoisotopic (exact) mass is 336 g/mol. The molecule has 0 spiro atoms. The average molecular weight is 336 g/mol. The van der Waals surface area contributed by atoms with Crippen LogP contribution < -0.4 is 0 Å². The molecule has 0 saturated carbocycles. The van der Waals surface area contributed by atoms with E-state index in [0.29, 0.717) is 13.0 Å². The molecule has 132 valence electrons. The highest BCUT2D eigenvalue weighted by Crippen LogP contribution is 2.12. The highest BCUT2D eigenvalue weighted by Gasteiger charge is 2.26. The fraction of sp³-hybridized carbons (Fsp3) is 1.00. The van der Waals surface area contributed by atoms with E-state index in [0.717, 1.165) is 52.1 Å². The Hall–Kier alpha value is -0.210. The molecule has 0 radical (unpaired) electrons. The summed E-state index contributed by atoms with van der Waals surface area (Å²) in [5.41, 5.74) is 0. The van der Waals surface area contributed by atoms with Crippen molar-refractivity contribution in [3.05, 3.63) is 0 Å². The van der Waals surface area contributed by atoms with Crippen LogP contribution in [0.3, 0.4) is 0 Å². The van der Waals surface area contributed by atoms with Crippen LogP contribution in [0.5, 0.6) is 0 Å². The fourth-order valence-electron chi connectivity index (χ4n) is 2.44. The van der Waals surface area contributed by atoms with Crippen LogP contribution in [0.15, 0.2) is 0 Å². The Labute approximate surface area is 135 Å². The Morgan fingerprint density at radius 1 is 1.18 bits per heavy atom. The van der Waals surface area contributed by atoms with Crippen LogP contribution in [0, 0.1) is 0 Å². The van der Waals surface area contributed by atoms with Gasteiger partial charge in [-0.25, -0.2) is 8.42 Å². The van der Waals surface area contributed by atoms with E-state index in [1.807, 2.05) is 13.8 Å². The third kappa shape index (κ3) is 7.37. The Kier molecular flexibility index (Phi) is 9.51. The zero-order valence-electron chi connectivity index (χ0n) is 14.3. The first-order chi connectivity index (χ1) is 10.5. The van der Waals surface area contributed by atoms with Gasteiger partial charge in [0.25, 0.3) is 0 Å². The lowest BCUT2D eigenvalue weighted by atomic mass is 10.2. The van der Waals surface area contributed by atoms with Gasteiger partial charge in [-0.1, -0.05) is 30.7 Å². The van der Waals surface area contributed by atoms with Crippen molar-refractivity contribution in [2.45, 2.75) is 52.5 Å². The van der Waals surface area contributed by atoms with Crippen molar-refractivity contribution in [2.75, 3.05) is 45.2 Å². The van der Waals surface area contributed by atoms with Gasteiger partial charge in [-0.15, -0.1) is 0 Å². The number of unbranched alkanes of at least 4 members (excludes halogenated alkanes) is 3. The number of nitrogens with zero attached hydrogens (tertiary/aromatic N) is 2. The molecule has 0 aliphatic carbocycles. The summed E-state index contributed by atoms with van der Waals surface area (Å²) in [6, 6.07) is -0.180. The van der Waals surface area contributed by atoms with Gasteiger partial charge >= 0.3 is 0 Å². The molecule has 0 N–H and O–H groups in total. The minimum atomic E-state index is -3.34. The highest BCUT2D eigenvalue weighted by atomic mass is 32.2. The van der Waals surface area contributed by atoms with Gasteiger partial charge in [-0.3, -0.25) is 9.74 Å². The van der Waals surface area contributed by atoms with E-state index in [4.69, 9.17) is 9.57 Å². The van der Waals surface area contributed by atoms with Gasteiger partial charge < -0.3 is 4.74 Å². The summed E-state index contributed by atoms with van der Waals surface area (Å²) in [5.74, 6) is 0.169. The first kappa shape index (κ1) is 19.8. The van der Waals surface area contributed by atoms with E-state index in [-0.39, 0.29) is 11.8 Å². The minimum Gasteiger partial charge on any atom is -0.379 e. The number of rotatable bonds is 11. The lowest BCUT2D eigenvalue weighted by molar-refractivity contribution is -0.112. The van der Waals surface area contributed by atoms with Crippen molar-refractivity contribution < 1.29 is 18.0 Å². The molecule has 1 heterocycles. The average Bonchev–Trinajstić information content (AvgIpc) is 2.48. The maximum Gasteiger partial charge on any atom is 0.236 e. The summed E-state index contributed by atoms with van der Waals surface area (Å²) in [4.78, 5) is 7.82. The molecule has 1 fully saturated rings. The van der Waals surface area contributed by atoms with E-state index < -0.39 is 10.0 Å². The number of hydroxylamine groups is 1. The van der Waals surface area contributed by atoms with Gasteiger partial charge in [0.15, 0.2) is 0 Å². The highest BCUT2D eigenvalue weighted by molar-refractivity contribution is 7.88. The number of hydrogen-bond donors (Lipinski definition) is 0. The molecular formula is C15H32N2O4S. The van der Waals surface area contributed by atoms with Gasteiger partial charge in [-0.05, 0) is 20.3 Å². The van der Waals surface area contributed by atoms with Gasteiger partial charge in [0.05, 0.1) is 25.6 Å². The first-order valence-corrected chi connectivity index (χ1v) is 10.0. The summed E-state index contributed by atoms with van der Waals surface area (Å²) in [6.07, 6.45) is 3.83. The molecule has 0 aromatic heterocycles. The second kappa shape index (κ2) is 10.5. The topological polar surface area (TPSA) is 59.1 Å². The van der Waals surface area contributed by atoms with Crippen LogP contribution in [0.25, 0.3) is 0 Å². The molecule has 1 aliphatic heterocycles. The van der Waals surface area contributed by atoms with Crippen LogP contribution in [-0.2, 0) is 19.6 Å². The molecule has 22 heavy (non-hydrogen) atoms. The van der Waals surface area contributed by atoms with Crippen LogP contribution in [0.4, 0.5) is 0 Å². The maximum atomic E-state index is 12.4. The van der Waals surface area contributed by atoms with Crippen molar-refractivity contribution in [2.24, 2.45) is 0 Å². The molecule has 6 nitrogen and oxygen atoms in total. The Morgan fingerprint density at radius 3 is 2.45 bits per heavy atom. The van der Waals surface area contributed by atoms with E-state index >= 15 is 0 Å². The SMILES string of the molecule is CCCCCCS(=O)(=O)N(OCCN1CCOCC1)C(C)C. The number of sulfonamides is 1. The number of ether oxygens (including phenoxy) is 1. The molecule has 0 unspecified atom stereocenters. The molecule has 1 saturated heterocycles. The Bertz CT molecular complexity index is 381. The summed E-state index contributed by atoms with van der Waals surface area (Å²) in [6.45, 7) is 10.2. The second-order valence-corrected chi connectivity index (χ2v) is 7.95. The molecule has 0 bridgehead atoms. The molecular weight excluding hydrogens is 304 g/mol. The summed E-state index contributed by atoms with van der Waals surface area (Å²) in [7, 11) is -3.34. The minimum absolute atomic E-state index is 0.169. The largest absolute Gasteiger partial charge is 0.379 e. The van der Waals surface area contributed by atoms with Crippen molar-refractivity contribution >= 4 is 10.0 Å².